The summed E-state index contributed by atoms with van der Waals surface area (Å²) >= 11 is 6.49. The molecule has 2 aromatic rings. The Balaban J connectivity index is 2.55. The zero-order valence-corrected chi connectivity index (χ0v) is 16.4. The molecule has 1 amide bonds. The Hall–Kier alpha value is -2.07. The second kappa shape index (κ2) is 7.04. The number of aromatic amines is 1. The monoisotopic (exact) mass is 360 g/mol. The van der Waals surface area contributed by atoms with Gasteiger partial charge >= 0.3 is 0 Å². The number of carbonyl (C=O) groups excluding carboxylic acids is 1. The molecule has 2 rings (SSSR count). The summed E-state index contributed by atoms with van der Waals surface area (Å²) in [4.78, 5) is 27.3. The van der Waals surface area contributed by atoms with Crippen LogP contribution >= 0.6 is 11.6 Å². The van der Waals surface area contributed by atoms with Crippen molar-refractivity contribution in [2.24, 2.45) is 0 Å². The number of halogens is 1. The highest BCUT2D eigenvalue weighted by atomic mass is 35.5. The summed E-state index contributed by atoms with van der Waals surface area (Å²) in [5, 5.41) is 3.22. The van der Waals surface area contributed by atoms with Crippen molar-refractivity contribution >= 4 is 17.5 Å². The fraction of sp³-hybridized carbons (Fsp3) is 0.400. The summed E-state index contributed by atoms with van der Waals surface area (Å²) in [7, 11) is 1.56. The average molecular weight is 361 g/mol. The number of nitrogens with one attached hydrogen (secondary N) is 2. The minimum absolute atomic E-state index is 0.0545. The van der Waals surface area contributed by atoms with Crippen LogP contribution in [0, 0.1) is 13.8 Å². The second-order valence-electron chi connectivity index (χ2n) is 7.40. The summed E-state index contributed by atoms with van der Waals surface area (Å²) in [5.41, 5.74) is 4.70. The van der Waals surface area contributed by atoms with Gasteiger partial charge in [-0.2, -0.15) is 0 Å². The van der Waals surface area contributed by atoms with Crippen LogP contribution in [0.4, 0.5) is 0 Å². The van der Waals surface area contributed by atoms with Gasteiger partial charge in [-0.15, -0.1) is 0 Å². The molecule has 0 saturated heterocycles. The molecule has 1 heterocycles. The van der Waals surface area contributed by atoms with Gasteiger partial charge in [-0.3, -0.25) is 9.59 Å². The van der Waals surface area contributed by atoms with E-state index >= 15 is 0 Å². The SMILES string of the molecule is CNC(=O)Cc1c(C)[nH]c(-c2cc(Cl)c(C(C)(C)C)cc2C)cc1=O. The molecule has 134 valence electrons. The Labute approximate surface area is 153 Å². The van der Waals surface area contributed by atoms with Gasteiger partial charge in [-0.1, -0.05) is 38.4 Å². The number of hydrogen-bond donors (Lipinski definition) is 2. The minimum Gasteiger partial charge on any atom is -0.359 e. The molecule has 2 N–H and O–H groups in total. The summed E-state index contributed by atoms with van der Waals surface area (Å²) in [6.45, 7) is 10.2. The van der Waals surface area contributed by atoms with Crippen molar-refractivity contribution in [2.45, 2.75) is 46.5 Å². The molecule has 25 heavy (non-hydrogen) atoms. The van der Waals surface area contributed by atoms with Gasteiger partial charge in [0.05, 0.1) is 6.42 Å². The van der Waals surface area contributed by atoms with Crippen LogP contribution in [0.25, 0.3) is 11.3 Å². The van der Waals surface area contributed by atoms with E-state index in [1.54, 1.807) is 13.1 Å². The van der Waals surface area contributed by atoms with Gasteiger partial charge in [0.15, 0.2) is 5.43 Å². The largest absolute Gasteiger partial charge is 0.359 e. The van der Waals surface area contributed by atoms with E-state index in [9.17, 15) is 9.59 Å². The zero-order chi connectivity index (χ0) is 18.9. The first-order valence-corrected chi connectivity index (χ1v) is 8.66. The van der Waals surface area contributed by atoms with Gasteiger partial charge in [-0.05, 0) is 36.5 Å². The number of likely N-dealkylation sites (N-methyl/N-ethyl adjacent to an activating group) is 1. The smallest absolute Gasteiger partial charge is 0.224 e. The van der Waals surface area contributed by atoms with E-state index in [0.29, 0.717) is 22.0 Å². The van der Waals surface area contributed by atoms with Crippen LogP contribution < -0.4 is 10.7 Å². The van der Waals surface area contributed by atoms with Gasteiger partial charge in [0.25, 0.3) is 0 Å². The molecule has 0 aliphatic heterocycles. The van der Waals surface area contributed by atoms with E-state index in [1.807, 2.05) is 19.9 Å². The molecule has 0 radical (unpaired) electrons. The van der Waals surface area contributed by atoms with Gasteiger partial charge in [0.2, 0.25) is 5.91 Å². The van der Waals surface area contributed by atoms with E-state index in [4.69, 9.17) is 11.6 Å². The first-order chi connectivity index (χ1) is 11.5. The van der Waals surface area contributed by atoms with E-state index in [-0.39, 0.29) is 23.2 Å². The van der Waals surface area contributed by atoms with Crippen molar-refractivity contribution in [3.63, 3.8) is 0 Å². The van der Waals surface area contributed by atoms with Gasteiger partial charge < -0.3 is 10.3 Å². The molecular formula is C20H25ClN2O2. The molecule has 0 saturated carbocycles. The van der Waals surface area contributed by atoms with Crippen molar-refractivity contribution in [1.29, 1.82) is 0 Å². The first-order valence-electron chi connectivity index (χ1n) is 8.29. The zero-order valence-electron chi connectivity index (χ0n) is 15.6. The molecule has 0 bridgehead atoms. The number of aromatic nitrogens is 1. The highest BCUT2D eigenvalue weighted by molar-refractivity contribution is 6.31. The summed E-state index contributed by atoms with van der Waals surface area (Å²) in [6, 6.07) is 5.52. The van der Waals surface area contributed by atoms with E-state index in [0.717, 1.165) is 16.7 Å². The van der Waals surface area contributed by atoms with Crippen LogP contribution in [-0.4, -0.2) is 17.9 Å². The molecule has 4 nitrogen and oxygen atoms in total. The van der Waals surface area contributed by atoms with Gasteiger partial charge in [0.1, 0.15) is 0 Å². The minimum atomic E-state index is -0.185. The number of amides is 1. The Morgan fingerprint density at radius 1 is 1.20 bits per heavy atom. The van der Waals surface area contributed by atoms with Crippen LogP contribution in [0.15, 0.2) is 23.0 Å². The predicted molar refractivity (Wildman–Crippen MR) is 103 cm³/mol. The number of pyridine rings is 1. The molecule has 0 atom stereocenters. The van der Waals surface area contributed by atoms with Crippen LogP contribution in [0.1, 0.15) is 43.2 Å². The number of H-pyrrole nitrogens is 1. The summed E-state index contributed by atoms with van der Waals surface area (Å²) < 4.78 is 0. The van der Waals surface area contributed by atoms with Crippen LogP contribution in [-0.2, 0) is 16.6 Å². The number of aryl methyl sites for hydroxylation is 2. The van der Waals surface area contributed by atoms with Crippen molar-refractivity contribution in [1.82, 2.24) is 10.3 Å². The number of hydrogen-bond acceptors (Lipinski definition) is 2. The Bertz CT molecular complexity index is 876. The maximum absolute atomic E-state index is 12.5. The lowest BCUT2D eigenvalue weighted by atomic mass is 9.85. The van der Waals surface area contributed by atoms with Crippen LogP contribution in [0.2, 0.25) is 5.02 Å². The van der Waals surface area contributed by atoms with Crippen molar-refractivity contribution in [3.05, 3.63) is 55.8 Å². The third-order valence-corrected chi connectivity index (χ3v) is 4.69. The van der Waals surface area contributed by atoms with Crippen molar-refractivity contribution in [2.75, 3.05) is 7.05 Å². The van der Waals surface area contributed by atoms with Gasteiger partial charge in [-0.25, -0.2) is 0 Å². The highest BCUT2D eigenvalue weighted by Gasteiger charge is 2.20. The number of carbonyl (C=O) groups is 1. The first kappa shape index (κ1) is 19.3. The molecular weight excluding hydrogens is 336 g/mol. The number of benzene rings is 1. The fourth-order valence-electron chi connectivity index (χ4n) is 2.88. The molecule has 5 heteroatoms. The third kappa shape index (κ3) is 4.13. The van der Waals surface area contributed by atoms with Crippen LogP contribution in [0.3, 0.4) is 0 Å². The summed E-state index contributed by atoms with van der Waals surface area (Å²) in [5.74, 6) is -0.185. The van der Waals surface area contributed by atoms with E-state index in [1.165, 1.54) is 0 Å². The molecule has 0 unspecified atom stereocenters. The maximum Gasteiger partial charge on any atom is 0.224 e. The lowest BCUT2D eigenvalue weighted by molar-refractivity contribution is -0.119. The molecule has 0 aliphatic carbocycles. The Morgan fingerprint density at radius 3 is 2.36 bits per heavy atom. The molecule has 0 spiro atoms. The lowest BCUT2D eigenvalue weighted by Crippen LogP contribution is -2.24. The molecule has 1 aromatic carbocycles. The fourth-order valence-corrected chi connectivity index (χ4v) is 3.32. The predicted octanol–water partition coefficient (Wildman–Crippen LogP) is 3.90. The normalized spacial score (nSPS) is 11.5. The third-order valence-electron chi connectivity index (χ3n) is 4.38. The highest BCUT2D eigenvalue weighted by Crippen LogP contribution is 2.34. The molecule has 0 aliphatic rings. The Kier molecular flexibility index (Phi) is 5.43. The van der Waals surface area contributed by atoms with Crippen molar-refractivity contribution < 1.29 is 4.79 Å². The molecule has 1 aromatic heterocycles. The van der Waals surface area contributed by atoms with Crippen LogP contribution in [0.5, 0.6) is 0 Å². The topological polar surface area (TPSA) is 62.0 Å². The van der Waals surface area contributed by atoms with Gasteiger partial charge in [0, 0.05) is 40.7 Å². The second-order valence-corrected chi connectivity index (χ2v) is 7.80. The van der Waals surface area contributed by atoms with Crippen molar-refractivity contribution in [3.8, 4) is 11.3 Å². The quantitative estimate of drug-likeness (QED) is 0.872. The average Bonchev–Trinajstić information content (AvgIpc) is 2.51. The summed E-state index contributed by atoms with van der Waals surface area (Å²) in [6.07, 6.45) is 0.0701. The maximum atomic E-state index is 12.5. The standard InChI is InChI=1S/C20H25ClN2O2/c1-11-7-15(20(3,4)5)16(21)8-13(11)17-10-18(24)14(12(2)23-17)9-19(25)22-6/h7-8,10H,9H2,1-6H3,(H,22,25)(H,23,24). The Morgan fingerprint density at radius 2 is 1.84 bits per heavy atom. The van der Waals surface area contributed by atoms with E-state index in [2.05, 4.69) is 37.1 Å². The lowest BCUT2D eigenvalue weighted by Gasteiger charge is -2.22. The number of rotatable bonds is 3. The van der Waals surface area contributed by atoms with E-state index < -0.39 is 0 Å². The molecule has 0 fully saturated rings.